The number of hydrogen-bond donors (Lipinski definition) is 2. The summed E-state index contributed by atoms with van der Waals surface area (Å²) < 4.78 is 42.5. The van der Waals surface area contributed by atoms with Gasteiger partial charge in [0.05, 0.1) is 0 Å². The molecule has 0 spiro atoms. The third-order valence-corrected chi connectivity index (χ3v) is 3.32. The third kappa shape index (κ3) is 3.90. The summed E-state index contributed by atoms with van der Waals surface area (Å²) in [7, 11) is 0. The fourth-order valence-electron chi connectivity index (χ4n) is 1.43. The average Bonchev–Trinajstić information content (AvgIpc) is 2.96. The molecule has 12 heteroatoms. The maximum atomic E-state index is 12.5. The molecule has 3 N–H and O–H groups in total. The molecule has 0 saturated heterocycles. The fourth-order valence-corrected chi connectivity index (χ4v) is 2.23. The molecule has 2 heterocycles. The second-order valence-corrected chi connectivity index (χ2v) is 5.21. The van der Waals surface area contributed by atoms with Crippen molar-refractivity contribution in [2.75, 3.05) is 16.9 Å². The van der Waals surface area contributed by atoms with E-state index >= 15 is 0 Å². The Balaban J connectivity index is 1.84. The monoisotopic (exact) mass is 336 g/mol. The van der Waals surface area contributed by atoms with Crippen molar-refractivity contribution in [3.05, 3.63) is 17.7 Å². The van der Waals surface area contributed by atoms with Crippen LogP contribution >= 0.6 is 11.8 Å². The molecule has 22 heavy (non-hydrogen) atoms. The van der Waals surface area contributed by atoms with Gasteiger partial charge < -0.3 is 15.7 Å². The Kier molecular flexibility index (Phi) is 4.59. The summed E-state index contributed by atoms with van der Waals surface area (Å²) in [5.41, 5.74) is 0. The van der Waals surface area contributed by atoms with Crippen molar-refractivity contribution in [1.82, 2.24) is 20.0 Å². The minimum atomic E-state index is -4.68. The summed E-state index contributed by atoms with van der Waals surface area (Å²) in [6.07, 6.45) is -4.65. The van der Waals surface area contributed by atoms with E-state index in [4.69, 9.17) is 10.4 Å². The van der Waals surface area contributed by atoms with Gasteiger partial charge >= 0.3 is 6.18 Å². The Morgan fingerprint density at radius 2 is 2.23 bits per heavy atom. The first-order valence-electron chi connectivity index (χ1n) is 5.91. The van der Waals surface area contributed by atoms with Gasteiger partial charge in [0.2, 0.25) is 11.1 Å². The Morgan fingerprint density at radius 1 is 1.50 bits per heavy atom. The third-order valence-electron chi connectivity index (χ3n) is 2.37. The van der Waals surface area contributed by atoms with Crippen LogP contribution in [0.2, 0.25) is 0 Å². The van der Waals surface area contributed by atoms with Gasteiger partial charge in [-0.3, -0.25) is 4.79 Å². The molecule has 2 aromatic heterocycles. The number of nitrogens with one attached hydrogen (secondary N) is 1. The number of aryl methyl sites for hydroxylation is 1. The lowest BCUT2D eigenvalue weighted by atomic mass is 10.4. The predicted octanol–water partition coefficient (Wildman–Crippen LogP) is 1.43. The van der Waals surface area contributed by atoms with Crippen LogP contribution in [-0.4, -0.2) is 31.7 Å². The number of aromatic nitrogens is 4. The Bertz CT molecular complexity index is 668. The molecule has 0 atom stereocenters. The number of halogens is 3. The van der Waals surface area contributed by atoms with Crippen molar-refractivity contribution in [3.63, 3.8) is 0 Å². The zero-order valence-electron chi connectivity index (χ0n) is 11.2. The van der Waals surface area contributed by atoms with E-state index in [-0.39, 0.29) is 29.1 Å². The molecule has 1 amide bonds. The van der Waals surface area contributed by atoms with Crippen LogP contribution in [0, 0.1) is 6.92 Å². The SMILES string of the molecule is Cc1cc(NC(=O)CCSc2nnc(C(F)(F)F)n2N)no1. The molecule has 0 aromatic carbocycles. The van der Waals surface area contributed by atoms with E-state index in [1.807, 2.05) is 0 Å². The quantitative estimate of drug-likeness (QED) is 0.627. The van der Waals surface area contributed by atoms with Crippen LogP contribution in [0.5, 0.6) is 0 Å². The van der Waals surface area contributed by atoms with Crippen LogP contribution in [0.4, 0.5) is 19.0 Å². The Labute approximate surface area is 126 Å². The Hall–Kier alpha value is -2.24. The van der Waals surface area contributed by atoms with Crippen LogP contribution in [0.1, 0.15) is 18.0 Å². The zero-order valence-corrected chi connectivity index (χ0v) is 12.0. The summed E-state index contributed by atoms with van der Waals surface area (Å²) in [6.45, 7) is 1.67. The molecule has 0 saturated carbocycles. The molecule has 0 radical (unpaired) electrons. The highest BCUT2D eigenvalue weighted by molar-refractivity contribution is 7.99. The van der Waals surface area contributed by atoms with Gasteiger partial charge in [-0.05, 0) is 6.92 Å². The first-order valence-corrected chi connectivity index (χ1v) is 6.89. The lowest BCUT2D eigenvalue weighted by Crippen LogP contribution is -2.21. The van der Waals surface area contributed by atoms with Crippen molar-refractivity contribution < 1.29 is 22.5 Å². The van der Waals surface area contributed by atoms with Crippen LogP contribution in [-0.2, 0) is 11.0 Å². The van der Waals surface area contributed by atoms with E-state index in [1.54, 1.807) is 6.92 Å². The van der Waals surface area contributed by atoms with Crippen LogP contribution in [0.3, 0.4) is 0 Å². The summed E-state index contributed by atoms with van der Waals surface area (Å²) in [5.74, 6) is 4.60. The van der Waals surface area contributed by atoms with Crippen LogP contribution in [0.15, 0.2) is 15.7 Å². The smallest absolute Gasteiger partial charge is 0.360 e. The minimum Gasteiger partial charge on any atom is -0.360 e. The number of nitrogen functional groups attached to an aromatic ring is 1. The van der Waals surface area contributed by atoms with Gasteiger partial charge in [-0.2, -0.15) is 13.2 Å². The highest BCUT2D eigenvalue weighted by atomic mass is 32.2. The number of nitrogens with two attached hydrogens (primary N) is 1. The molecular weight excluding hydrogens is 325 g/mol. The summed E-state index contributed by atoms with van der Waals surface area (Å²) in [6, 6.07) is 1.54. The zero-order chi connectivity index (χ0) is 16.3. The molecule has 0 bridgehead atoms. The van der Waals surface area contributed by atoms with Gasteiger partial charge in [-0.25, -0.2) is 4.68 Å². The fraction of sp³-hybridized carbons (Fsp3) is 0.400. The van der Waals surface area contributed by atoms with Gasteiger partial charge in [0.1, 0.15) is 5.76 Å². The maximum Gasteiger partial charge on any atom is 0.453 e. The van der Waals surface area contributed by atoms with Crippen LogP contribution in [0.25, 0.3) is 0 Å². The molecule has 2 aromatic rings. The van der Waals surface area contributed by atoms with Gasteiger partial charge in [-0.1, -0.05) is 16.9 Å². The Morgan fingerprint density at radius 3 is 2.77 bits per heavy atom. The van der Waals surface area contributed by atoms with E-state index in [9.17, 15) is 18.0 Å². The number of amides is 1. The van der Waals surface area contributed by atoms with Crippen molar-refractivity contribution in [1.29, 1.82) is 0 Å². The molecule has 2 rings (SSSR count). The molecule has 0 unspecified atom stereocenters. The van der Waals surface area contributed by atoms with E-state index in [0.29, 0.717) is 10.4 Å². The summed E-state index contributed by atoms with van der Waals surface area (Å²) in [5, 5.41) is 12.2. The van der Waals surface area contributed by atoms with E-state index in [2.05, 4.69) is 20.7 Å². The molecular formula is C10H11F3N6O2S. The molecule has 0 fully saturated rings. The van der Waals surface area contributed by atoms with Gasteiger partial charge in [0, 0.05) is 18.2 Å². The second kappa shape index (κ2) is 6.25. The number of carbonyl (C=O) groups is 1. The number of carbonyl (C=O) groups excluding carboxylic acids is 1. The number of alkyl halides is 3. The standard InChI is InChI=1S/C10H11F3N6O2S/c1-5-4-6(18-21-5)15-7(20)2-3-22-9-17-16-8(19(9)14)10(11,12)13/h4H,2-3,14H2,1H3,(H,15,18,20). The molecule has 0 aliphatic heterocycles. The average molecular weight is 336 g/mol. The molecule has 0 aliphatic rings. The largest absolute Gasteiger partial charge is 0.453 e. The van der Waals surface area contributed by atoms with Crippen LogP contribution < -0.4 is 11.2 Å². The number of rotatable bonds is 5. The van der Waals surface area contributed by atoms with E-state index in [1.165, 1.54) is 6.07 Å². The first kappa shape index (κ1) is 16.1. The van der Waals surface area contributed by atoms with Gasteiger partial charge in [-0.15, -0.1) is 10.2 Å². The molecule has 120 valence electrons. The number of thioether (sulfide) groups is 1. The van der Waals surface area contributed by atoms with Crippen molar-refractivity contribution >= 4 is 23.5 Å². The minimum absolute atomic E-state index is 0.0325. The van der Waals surface area contributed by atoms with Crippen molar-refractivity contribution in [2.45, 2.75) is 24.7 Å². The normalized spacial score (nSPS) is 11.6. The number of nitrogens with zero attached hydrogens (tertiary/aromatic N) is 4. The number of anilines is 1. The van der Waals surface area contributed by atoms with Gasteiger partial charge in [0.25, 0.3) is 5.82 Å². The van der Waals surface area contributed by atoms with Crippen molar-refractivity contribution in [2.24, 2.45) is 0 Å². The highest BCUT2D eigenvalue weighted by Crippen LogP contribution is 2.28. The number of hydrogen-bond acceptors (Lipinski definition) is 7. The molecule has 0 aliphatic carbocycles. The predicted molar refractivity (Wildman–Crippen MR) is 70.4 cm³/mol. The first-order chi connectivity index (χ1) is 10.3. The maximum absolute atomic E-state index is 12.5. The summed E-state index contributed by atoms with van der Waals surface area (Å²) >= 11 is 0.888. The lowest BCUT2D eigenvalue weighted by Gasteiger charge is -2.05. The molecule has 8 nitrogen and oxygen atoms in total. The van der Waals surface area contributed by atoms with E-state index < -0.39 is 12.0 Å². The second-order valence-electron chi connectivity index (χ2n) is 4.14. The lowest BCUT2D eigenvalue weighted by molar-refractivity contribution is -0.146. The summed E-state index contributed by atoms with van der Waals surface area (Å²) in [4.78, 5) is 11.6. The topological polar surface area (TPSA) is 112 Å². The van der Waals surface area contributed by atoms with Crippen molar-refractivity contribution in [3.8, 4) is 0 Å². The highest BCUT2D eigenvalue weighted by Gasteiger charge is 2.38. The van der Waals surface area contributed by atoms with E-state index in [0.717, 1.165) is 11.8 Å². The van der Waals surface area contributed by atoms with Gasteiger partial charge in [0.15, 0.2) is 5.82 Å².